The number of hydrogen-bond acceptors (Lipinski definition) is 2. The lowest BCUT2D eigenvalue weighted by atomic mass is 9.87. The van der Waals surface area contributed by atoms with Gasteiger partial charge in [-0.3, -0.25) is 0 Å². The molecule has 0 saturated carbocycles. The molecule has 0 heterocycles. The van der Waals surface area contributed by atoms with E-state index >= 15 is 0 Å². The molecule has 0 aliphatic heterocycles. The summed E-state index contributed by atoms with van der Waals surface area (Å²) in [6, 6.07) is 3.85. The highest BCUT2D eigenvalue weighted by Crippen LogP contribution is 2.48. The second-order valence-corrected chi connectivity index (χ2v) is 4.30. The molecule has 1 N–H and O–H groups in total. The number of hydrogen-bond donors (Lipinski definition) is 1. The Labute approximate surface area is 94.9 Å². The molecule has 0 spiro atoms. The number of aromatic hydroxyl groups is 1. The zero-order chi connectivity index (χ0) is 11.1. The van der Waals surface area contributed by atoms with Gasteiger partial charge < -0.3 is 9.84 Å². The highest BCUT2D eigenvalue weighted by atomic mass is 16.5. The van der Waals surface area contributed by atoms with Crippen LogP contribution >= 0.6 is 0 Å². The maximum atomic E-state index is 10.2. The van der Waals surface area contributed by atoms with E-state index in [4.69, 9.17) is 4.74 Å². The van der Waals surface area contributed by atoms with Crippen molar-refractivity contribution in [3.05, 3.63) is 41.0 Å². The van der Waals surface area contributed by atoms with Gasteiger partial charge in [0.2, 0.25) is 0 Å². The molecule has 1 aromatic rings. The van der Waals surface area contributed by atoms with Gasteiger partial charge in [0.15, 0.2) is 11.5 Å². The summed E-state index contributed by atoms with van der Waals surface area (Å²) in [5.41, 5.74) is 3.48. The maximum Gasteiger partial charge on any atom is 0.162 e. The normalized spacial score (nSPS) is 21.3. The quantitative estimate of drug-likeness (QED) is 0.777. The molecule has 2 nitrogen and oxygen atoms in total. The van der Waals surface area contributed by atoms with Gasteiger partial charge in [0.05, 0.1) is 7.11 Å². The van der Waals surface area contributed by atoms with E-state index in [9.17, 15) is 5.11 Å². The Morgan fingerprint density at radius 2 is 2.25 bits per heavy atom. The van der Waals surface area contributed by atoms with Crippen molar-refractivity contribution >= 4 is 6.08 Å². The first kappa shape index (κ1) is 9.52. The van der Waals surface area contributed by atoms with E-state index in [-0.39, 0.29) is 0 Å². The van der Waals surface area contributed by atoms with Crippen LogP contribution in [0.1, 0.15) is 29.9 Å². The summed E-state index contributed by atoms with van der Waals surface area (Å²) < 4.78 is 5.16. The molecule has 2 aliphatic rings. The van der Waals surface area contributed by atoms with Crippen LogP contribution in [0.3, 0.4) is 0 Å². The van der Waals surface area contributed by atoms with Crippen LogP contribution < -0.4 is 4.74 Å². The molecule has 16 heavy (non-hydrogen) atoms. The van der Waals surface area contributed by atoms with Gasteiger partial charge >= 0.3 is 0 Å². The van der Waals surface area contributed by atoms with E-state index < -0.39 is 0 Å². The van der Waals surface area contributed by atoms with E-state index in [0.29, 0.717) is 17.4 Å². The van der Waals surface area contributed by atoms with Crippen molar-refractivity contribution in [2.45, 2.75) is 18.8 Å². The minimum absolute atomic E-state index is 0.312. The van der Waals surface area contributed by atoms with E-state index in [0.717, 1.165) is 24.0 Å². The average Bonchev–Trinajstić information content (AvgIpc) is 2.68. The molecule has 0 radical (unpaired) electrons. The SMILES string of the molecule is COc1ccc2c(c1O)[C@H]1CCC=CC1=C2. The van der Waals surface area contributed by atoms with Crippen molar-refractivity contribution in [3.8, 4) is 11.5 Å². The van der Waals surface area contributed by atoms with Gasteiger partial charge in [0, 0.05) is 11.5 Å². The molecular weight excluding hydrogens is 200 g/mol. The zero-order valence-corrected chi connectivity index (χ0v) is 9.23. The molecule has 0 bridgehead atoms. The van der Waals surface area contributed by atoms with Gasteiger partial charge in [-0.15, -0.1) is 0 Å². The lowest BCUT2D eigenvalue weighted by molar-refractivity contribution is 0.369. The number of benzene rings is 1. The first-order chi connectivity index (χ1) is 7.81. The standard InChI is InChI=1S/C14H14O2/c1-16-12-7-6-10-8-9-4-2-3-5-11(9)13(10)14(12)15/h2,4,6-8,11,15H,3,5H2,1H3/t11-/m0/s1. The van der Waals surface area contributed by atoms with Gasteiger partial charge in [-0.2, -0.15) is 0 Å². The third-order valence-electron chi connectivity index (χ3n) is 3.44. The van der Waals surface area contributed by atoms with Crippen molar-refractivity contribution in [3.63, 3.8) is 0 Å². The van der Waals surface area contributed by atoms with Crippen LogP contribution in [-0.4, -0.2) is 12.2 Å². The molecule has 3 rings (SSSR count). The molecular formula is C14H14O2. The number of phenols is 1. The fourth-order valence-corrected chi connectivity index (χ4v) is 2.66. The summed E-state index contributed by atoms with van der Waals surface area (Å²) in [4.78, 5) is 0. The fraction of sp³-hybridized carbons (Fsp3) is 0.286. The molecule has 0 saturated heterocycles. The Hall–Kier alpha value is -1.70. The van der Waals surface area contributed by atoms with E-state index in [1.54, 1.807) is 7.11 Å². The Morgan fingerprint density at radius 3 is 3.06 bits per heavy atom. The second-order valence-electron chi connectivity index (χ2n) is 4.30. The minimum atomic E-state index is 0.312. The van der Waals surface area contributed by atoms with Crippen molar-refractivity contribution in [1.82, 2.24) is 0 Å². The van der Waals surface area contributed by atoms with Crippen LogP contribution in [0.5, 0.6) is 11.5 Å². The van der Waals surface area contributed by atoms with Crippen LogP contribution in [-0.2, 0) is 0 Å². The number of phenolic OH excluding ortho intramolecular Hbond substituents is 1. The maximum absolute atomic E-state index is 10.2. The summed E-state index contributed by atoms with van der Waals surface area (Å²) in [6.07, 6.45) is 8.69. The Balaban J connectivity index is 2.16. The minimum Gasteiger partial charge on any atom is -0.504 e. The lowest BCUT2D eigenvalue weighted by Crippen LogP contribution is -2.01. The highest BCUT2D eigenvalue weighted by molar-refractivity contribution is 5.74. The van der Waals surface area contributed by atoms with Gasteiger partial charge in [0.1, 0.15) is 0 Å². The Kier molecular flexibility index (Phi) is 2.03. The summed E-state index contributed by atoms with van der Waals surface area (Å²) in [6.45, 7) is 0. The third-order valence-corrected chi connectivity index (χ3v) is 3.44. The summed E-state index contributed by atoms with van der Waals surface area (Å²) in [5, 5.41) is 10.2. The number of ether oxygens (including phenoxy) is 1. The number of rotatable bonds is 1. The van der Waals surface area contributed by atoms with Crippen LogP contribution in [0.2, 0.25) is 0 Å². The van der Waals surface area contributed by atoms with E-state index in [2.05, 4.69) is 18.2 Å². The first-order valence-corrected chi connectivity index (χ1v) is 5.59. The van der Waals surface area contributed by atoms with Gasteiger partial charge in [-0.1, -0.05) is 24.3 Å². The van der Waals surface area contributed by atoms with Crippen LogP contribution in [0, 0.1) is 0 Å². The van der Waals surface area contributed by atoms with Gasteiger partial charge in [-0.05, 0) is 30.0 Å². The molecule has 0 amide bonds. The van der Waals surface area contributed by atoms with Crippen LogP contribution in [0.15, 0.2) is 29.9 Å². The predicted octanol–water partition coefficient (Wildman–Crippen LogP) is 3.23. The average molecular weight is 214 g/mol. The Bertz CT molecular complexity index is 498. The Morgan fingerprint density at radius 1 is 1.38 bits per heavy atom. The summed E-state index contributed by atoms with van der Waals surface area (Å²) >= 11 is 0. The second kappa shape index (κ2) is 3.41. The topological polar surface area (TPSA) is 29.5 Å². The predicted molar refractivity (Wildman–Crippen MR) is 63.8 cm³/mol. The van der Waals surface area contributed by atoms with Crippen molar-refractivity contribution in [2.24, 2.45) is 0 Å². The smallest absolute Gasteiger partial charge is 0.162 e. The molecule has 0 fully saturated rings. The number of allylic oxidation sites excluding steroid dienone is 3. The van der Waals surface area contributed by atoms with Gasteiger partial charge in [-0.25, -0.2) is 0 Å². The van der Waals surface area contributed by atoms with Crippen LogP contribution in [0.25, 0.3) is 6.08 Å². The van der Waals surface area contributed by atoms with Gasteiger partial charge in [0.25, 0.3) is 0 Å². The third kappa shape index (κ3) is 1.19. The highest BCUT2D eigenvalue weighted by Gasteiger charge is 2.29. The summed E-state index contributed by atoms with van der Waals surface area (Å²) in [7, 11) is 1.59. The molecule has 0 aromatic heterocycles. The largest absolute Gasteiger partial charge is 0.504 e. The molecule has 1 aromatic carbocycles. The summed E-state index contributed by atoms with van der Waals surface area (Å²) in [5.74, 6) is 1.24. The molecule has 1 atom stereocenters. The van der Waals surface area contributed by atoms with Crippen molar-refractivity contribution in [2.75, 3.05) is 7.11 Å². The van der Waals surface area contributed by atoms with E-state index in [1.165, 1.54) is 5.57 Å². The monoisotopic (exact) mass is 214 g/mol. The van der Waals surface area contributed by atoms with E-state index in [1.807, 2.05) is 12.1 Å². The molecule has 82 valence electrons. The zero-order valence-electron chi connectivity index (χ0n) is 9.23. The van der Waals surface area contributed by atoms with Crippen molar-refractivity contribution < 1.29 is 9.84 Å². The molecule has 2 heteroatoms. The lowest BCUT2D eigenvalue weighted by Gasteiger charge is -2.19. The van der Waals surface area contributed by atoms with Crippen LogP contribution in [0.4, 0.5) is 0 Å². The molecule has 0 unspecified atom stereocenters. The molecule has 2 aliphatic carbocycles. The fourth-order valence-electron chi connectivity index (χ4n) is 2.66. The number of methoxy groups -OCH3 is 1. The number of fused-ring (bicyclic) bond motifs is 3. The van der Waals surface area contributed by atoms with Crippen molar-refractivity contribution in [1.29, 1.82) is 0 Å². The first-order valence-electron chi connectivity index (χ1n) is 5.59.